The molecule has 0 bridgehead atoms. The average molecular weight is 316 g/mol. The fourth-order valence-corrected chi connectivity index (χ4v) is 2.86. The molecule has 0 saturated carbocycles. The summed E-state index contributed by atoms with van der Waals surface area (Å²) < 4.78 is 0. The molecule has 1 unspecified atom stereocenters. The highest BCUT2D eigenvalue weighted by molar-refractivity contribution is 6.40. The molecular weight excluding hydrogens is 287 g/mol. The van der Waals surface area contributed by atoms with Crippen molar-refractivity contribution in [2.75, 3.05) is 26.2 Å². The Morgan fingerprint density at radius 3 is 2.36 bits per heavy atom. The second kappa shape index (κ2) is 9.47. The number of nitrogens with two attached hydrogens (primary N) is 1. The van der Waals surface area contributed by atoms with Gasteiger partial charge in [-0.3, -0.25) is 4.79 Å². The van der Waals surface area contributed by atoms with Crippen molar-refractivity contribution in [3.63, 3.8) is 0 Å². The fraction of sp³-hybridized carbons (Fsp3) is 0.929. The second-order valence-electron chi connectivity index (χ2n) is 6.41. The van der Waals surface area contributed by atoms with Crippen LogP contribution < -0.4 is 5.73 Å². The topological polar surface area (TPSA) is 127 Å². The van der Waals surface area contributed by atoms with Gasteiger partial charge < -0.3 is 30.9 Å². The molecule has 1 aliphatic heterocycles. The Labute approximate surface area is 132 Å². The van der Waals surface area contributed by atoms with E-state index in [1.54, 1.807) is 0 Å². The van der Waals surface area contributed by atoms with E-state index in [0.717, 1.165) is 25.9 Å². The van der Waals surface area contributed by atoms with Gasteiger partial charge in [0.15, 0.2) is 0 Å². The number of unbranched alkanes of at least 4 members (excludes halogenated alkanes) is 1. The van der Waals surface area contributed by atoms with Gasteiger partial charge in [0.2, 0.25) is 0 Å². The van der Waals surface area contributed by atoms with Crippen molar-refractivity contribution < 1.29 is 25.1 Å². The Balaban J connectivity index is 2.35. The zero-order valence-corrected chi connectivity index (χ0v) is 13.2. The fourth-order valence-electron chi connectivity index (χ4n) is 2.86. The highest BCUT2D eigenvalue weighted by Crippen LogP contribution is 2.21. The number of aliphatic hydroxyl groups excluding tert-OH is 1. The number of carbonyl (C=O) groups is 1. The number of likely N-dealkylation sites (tertiary alicyclic amines) is 1. The van der Waals surface area contributed by atoms with Crippen molar-refractivity contribution in [3.05, 3.63) is 0 Å². The molecule has 0 amide bonds. The highest BCUT2D eigenvalue weighted by atomic mass is 16.4. The van der Waals surface area contributed by atoms with E-state index in [1.165, 1.54) is 0 Å². The van der Waals surface area contributed by atoms with Crippen molar-refractivity contribution in [2.24, 2.45) is 11.7 Å². The zero-order valence-electron chi connectivity index (χ0n) is 13.2. The number of hydrogen-bond acceptors (Lipinski definition) is 6. The van der Waals surface area contributed by atoms with Crippen LogP contribution in [-0.2, 0) is 4.79 Å². The third-order valence-electron chi connectivity index (χ3n) is 4.60. The molecular formula is C14H29BN2O5. The van der Waals surface area contributed by atoms with Gasteiger partial charge >= 0.3 is 13.1 Å². The minimum absolute atomic E-state index is 0.223. The van der Waals surface area contributed by atoms with Gasteiger partial charge in [0.1, 0.15) is 5.54 Å². The predicted molar refractivity (Wildman–Crippen MR) is 84.3 cm³/mol. The maximum absolute atomic E-state index is 11.4. The van der Waals surface area contributed by atoms with Gasteiger partial charge in [-0.2, -0.15) is 0 Å². The number of hydrogen-bond donors (Lipinski definition) is 5. The first-order valence-electron chi connectivity index (χ1n) is 8.09. The van der Waals surface area contributed by atoms with Crippen LogP contribution in [0.3, 0.4) is 0 Å². The SMILES string of the molecule is NC(CCCCB(O)O)(CCN1CCC(CO)CC1)C(=O)O. The zero-order chi connectivity index (χ0) is 16.6. The molecule has 1 atom stereocenters. The van der Waals surface area contributed by atoms with Gasteiger partial charge in [0.25, 0.3) is 0 Å². The summed E-state index contributed by atoms with van der Waals surface area (Å²) in [6.07, 6.45) is 3.95. The Morgan fingerprint density at radius 2 is 1.86 bits per heavy atom. The molecule has 1 heterocycles. The molecule has 22 heavy (non-hydrogen) atoms. The van der Waals surface area contributed by atoms with Crippen LogP contribution in [0, 0.1) is 5.92 Å². The summed E-state index contributed by atoms with van der Waals surface area (Å²) in [5, 5.41) is 36.1. The van der Waals surface area contributed by atoms with Crippen LogP contribution in [-0.4, -0.2) is 70.0 Å². The van der Waals surface area contributed by atoms with Crippen LogP contribution in [0.25, 0.3) is 0 Å². The van der Waals surface area contributed by atoms with E-state index in [0.29, 0.717) is 38.1 Å². The first kappa shape index (κ1) is 19.4. The minimum Gasteiger partial charge on any atom is -0.480 e. The van der Waals surface area contributed by atoms with Gasteiger partial charge in [0, 0.05) is 13.2 Å². The molecule has 0 aromatic heterocycles. The monoisotopic (exact) mass is 316 g/mol. The minimum atomic E-state index is -1.34. The van der Waals surface area contributed by atoms with Crippen LogP contribution in [0.1, 0.15) is 38.5 Å². The molecule has 1 fully saturated rings. The number of carboxylic acids is 1. The molecule has 0 aromatic rings. The molecule has 0 radical (unpaired) electrons. The summed E-state index contributed by atoms with van der Waals surface area (Å²) in [6.45, 7) is 2.61. The molecule has 8 heteroatoms. The number of aliphatic carboxylic acids is 1. The number of nitrogens with zero attached hydrogens (tertiary/aromatic N) is 1. The lowest BCUT2D eigenvalue weighted by Crippen LogP contribution is -2.50. The Morgan fingerprint density at radius 1 is 1.23 bits per heavy atom. The normalized spacial score (nSPS) is 19.8. The van der Waals surface area contributed by atoms with Crippen molar-refractivity contribution in [2.45, 2.75) is 50.4 Å². The smallest absolute Gasteiger partial charge is 0.451 e. The van der Waals surface area contributed by atoms with Gasteiger partial charge in [0.05, 0.1) is 0 Å². The summed E-state index contributed by atoms with van der Waals surface area (Å²) in [7, 11) is -1.34. The molecule has 1 rings (SSSR count). The molecule has 1 aliphatic rings. The summed E-state index contributed by atoms with van der Waals surface area (Å²) in [6, 6.07) is 0. The van der Waals surface area contributed by atoms with E-state index in [-0.39, 0.29) is 12.9 Å². The number of piperidine rings is 1. The van der Waals surface area contributed by atoms with E-state index < -0.39 is 18.6 Å². The largest absolute Gasteiger partial charge is 0.480 e. The maximum Gasteiger partial charge on any atom is 0.451 e. The summed E-state index contributed by atoms with van der Waals surface area (Å²) >= 11 is 0. The van der Waals surface area contributed by atoms with E-state index in [1.807, 2.05) is 0 Å². The average Bonchev–Trinajstić information content (AvgIpc) is 2.49. The van der Waals surface area contributed by atoms with Gasteiger partial charge in [-0.25, -0.2) is 0 Å². The van der Waals surface area contributed by atoms with Gasteiger partial charge in [-0.1, -0.05) is 12.8 Å². The van der Waals surface area contributed by atoms with Gasteiger partial charge in [-0.15, -0.1) is 0 Å². The van der Waals surface area contributed by atoms with Crippen LogP contribution in [0.4, 0.5) is 0 Å². The third-order valence-corrected chi connectivity index (χ3v) is 4.60. The quantitative estimate of drug-likeness (QED) is 0.272. The van der Waals surface area contributed by atoms with Gasteiger partial charge in [-0.05, 0) is 51.0 Å². The van der Waals surface area contributed by atoms with Crippen LogP contribution in [0.5, 0.6) is 0 Å². The Kier molecular flexibility index (Phi) is 8.34. The maximum atomic E-state index is 11.4. The second-order valence-corrected chi connectivity index (χ2v) is 6.41. The molecule has 6 N–H and O–H groups in total. The van der Waals surface area contributed by atoms with E-state index >= 15 is 0 Å². The van der Waals surface area contributed by atoms with Crippen molar-refractivity contribution >= 4 is 13.1 Å². The Bertz CT molecular complexity index is 337. The number of rotatable bonds is 10. The number of aliphatic hydroxyl groups is 1. The lowest BCUT2D eigenvalue weighted by molar-refractivity contribution is -0.144. The number of carboxylic acid groups (broad SMARTS) is 1. The molecule has 128 valence electrons. The molecule has 1 saturated heterocycles. The van der Waals surface area contributed by atoms with E-state index in [9.17, 15) is 9.90 Å². The van der Waals surface area contributed by atoms with Crippen molar-refractivity contribution in [3.8, 4) is 0 Å². The molecule has 7 nitrogen and oxygen atoms in total. The van der Waals surface area contributed by atoms with E-state index in [2.05, 4.69) is 4.90 Å². The third kappa shape index (κ3) is 6.62. The Hall–Kier alpha value is -0.665. The lowest BCUT2D eigenvalue weighted by Gasteiger charge is -2.33. The predicted octanol–water partition coefficient (Wildman–Crippen LogP) is -0.494. The van der Waals surface area contributed by atoms with Crippen molar-refractivity contribution in [1.82, 2.24) is 4.90 Å². The van der Waals surface area contributed by atoms with E-state index in [4.69, 9.17) is 20.9 Å². The van der Waals surface area contributed by atoms with Crippen molar-refractivity contribution in [1.29, 1.82) is 0 Å². The lowest BCUT2D eigenvalue weighted by atomic mass is 9.81. The summed E-state index contributed by atoms with van der Waals surface area (Å²) in [5.74, 6) is -0.634. The first-order valence-corrected chi connectivity index (χ1v) is 8.09. The summed E-state index contributed by atoms with van der Waals surface area (Å²) in [4.78, 5) is 13.6. The molecule has 0 spiro atoms. The van der Waals surface area contributed by atoms with Crippen LogP contribution >= 0.6 is 0 Å². The first-order chi connectivity index (χ1) is 10.4. The van der Waals surface area contributed by atoms with Crippen LogP contribution in [0.15, 0.2) is 0 Å². The standard InChI is InChI=1S/C14H29BN2O5/c16-14(13(19)20,5-1-2-7-15(21)22)6-10-17-8-3-12(11-18)4-9-17/h12,18,21-22H,1-11,16H2,(H,19,20). The molecule has 0 aliphatic carbocycles. The highest BCUT2D eigenvalue weighted by Gasteiger charge is 2.34. The molecule has 0 aromatic carbocycles. The van der Waals surface area contributed by atoms with Crippen LogP contribution in [0.2, 0.25) is 6.32 Å². The summed E-state index contributed by atoms with van der Waals surface area (Å²) in [5.41, 5.74) is 4.78.